The number of anilines is 1. The standard InChI is InChI=1S/C25H24N6O2S/c1-16-7-5-6-10-21(16)34(32,33)25-24-30-29-23(31(24)20-13-14-26-22(20)28-25)17-11-12-19(15-17)27-18-8-3-2-4-9-18/h2-10,13-14,17,19,26-27H,11-12,15H2,1H3/t17-,19-/m1/s1. The number of para-hydroxylation sites is 1. The van der Waals surface area contributed by atoms with Gasteiger partial charge in [-0.05, 0) is 56.0 Å². The maximum atomic E-state index is 13.7. The van der Waals surface area contributed by atoms with Gasteiger partial charge in [0, 0.05) is 23.8 Å². The van der Waals surface area contributed by atoms with Crippen molar-refractivity contribution in [2.24, 2.45) is 0 Å². The number of H-pyrrole nitrogens is 1. The van der Waals surface area contributed by atoms with Crippen LogP contribution in [0.25, 0.3) is 16.8 Å². The van der Waals surface area contributed by atoms with Gasteiger partial charge >= 0.3 is 0 Å². The van der Waals surface area contributed by atoms with Crippen molar-refractivity contribution >= 4 is 32.3 Å². The second-order valence-corrected chi connectivity index (χ2v) is 10.7. The number of benzene rings is 2. The molecule has 2 aromatic carbocycles. The fourth-order valence-corrected chi connectivity index (χ4v) is 6.51. The molecule has 0 unspecified atom stereocenters. The smallest absolute Gasteiger partial charge is 0.228 e. The van der Waals surface area contributed by atoms with E-state index in [4.69, 9.17) is 0 Å². The molecule has 9 heteroatoms. The number of hydrogen-bond acceptors (Lipinski definition) is 6. The monoisotopic (exact) mass is 472 g/mol. The first-order valence-electron chi connectivity index (χ1n) is 11.4. The van der Waals surface area contributed by atoms with Crippen molar-refractivity contribution < 1.29 is 8.42 Å². The highest BCUT2D eigenvalue weighted by atomic mass is 32.2. The average Bonchev–Trinajstić information content (AvgIpc) is 3.58. The zero-order valence-corrected chi connectivity index (χ0v) is 19.5. The zero-order valence-electron chi connectivity index (χ0n) is 18.6. The summed E-state index contributed by atoms with van der Waals surface area (Å²) in [5.74, 6) is 0.936. The Kier molecular flexibility index (Phi) is 4.88. The summed E-state index contributed by atoms with van der Waals surface area (Å²) in [5.41, 5.74) is 3.31. The van der Waals surface area contributed by atoms with Gasteiger partial charge in [-0.1, -0.05) is 36.4 Å². The Morgan fingerprint density at radius 3 is 2.62 bits per heavy atom. The molecule has 1 saturated carbocycles. The summed E-state index contributed by atoms with van der Waals surface area (Å²) in [6.07, 6.45) is 4.60. The van der Waals surface area contributed by atoms with Gasteiger partial charge < -0.3 is 10.3 Å². The molecule has 6 rings (SSSR count). The van der Waals surface area contributed by atoms with Crippen LogP contribution in [0.2, 0.25) is 0 Å². The molecule has 1 aliphatic rings. The maximum Gasteiger partial charge on any atom is 0.228 e. The number of nitrogens with zero attached hydrogens (tertiary/aromatic N) is 4. The van der Waals surface area contributed by atoms with Crippen molar-refractivity contribution in [2.75, 3.05) is 5.32 Å². The van der Waals surface area contributed by atoms with E-state index >= 15 is 0 Å². The molecule has 3 heterocycles. The maximum absolute atomic E-state index is 13.7. The summed E-state index contributed by atoms with van der Waals surface area (Å²) in [7, 11) is -3.89. The van der Waals surface area contributed by atoms with Crippen LogP contribution in [-0.4, -0.2) is 39.0 Å². The fraction of sp³-hybridized carbons (Fsp3) is 0.240. The molecule has 0 bridgehead atoms. The minimum atomic E-state index is -3.89. The molecule has 0 radical (unpaired) electrons. The van der Waals surface area contributed by atoms with Gasteiger partial charge in [0.15, 0.2) is 11.3 Å². The summed E-state index contributed by atoms with van der Waals surface area (Å²) >= 11 is 0. The van der Waals surface area contributed by atoms with Crippen LogP contribution in [-0.2, 0) is 9.84 Å². The first-order valence-corrected chi connectivity index (χ1v) is 12.8. The van der Waals surface area contributed by atoms with Gasteiger partial charge in [0.1, 0.15) is 5.82 Å². The Labute approximate surface area is 197 Å². The Morgan fingerprint density at radius 1 is 1.00 bits per heavy atom. The minimum Gasteiger partial charge on any atom is -0.382 e. The highest BCUT2D eigenvalue weighted by Gasteiger charge is 2.33. The van der Waals surface area contributed by atoms with Crippen molar-refractivity contribution in [3.8, 4) is 0 Å². The molecule has 172 valence electrons. The van der Waals surface area contributed by atoms with Crippen molar-refractivity contribution in [1.29, 1.82) is 0 Å². The van der Waals surface area contributed by atoms with E-state index in [1.165, 1.54) is 0 Å². The van der Waals surface area contributed by atoms with Crippen molar-refractivity contribution in [1.82, 2.24) is 24.6 Å². The molecule has 2 atom stereocenters. The number of rotatable bonds is 5. The molecular weight excluding hydrogens is 448 g/mol. The number of aromatic amines is 1. The molecule has 1 fully saturated rings. The first kappa shape index (κ1) is 20.9. The Balaban J connectivity index is 1.44. The van der Waals surface area contributed by atoms with Gasteiger partial charge in [-0.15, -0.1) is 10.2 Å². The van der Waals surface area contributed by atoms with Crippen LogP contribution >= 0.6 is 0 Å². The number of hydrogen-bond donors (Lipinski definition) is 2. The molecule has 0 aliphatic heterocycles. The summed E-state index contributed by atoms with van der Waals surface area (Å²) in [4.78, 5) is 7.79. The number of nitrogens with one attached hydrogen (secondary N) is 2. The highest BCUT2D eigenvalue weighted by molar-refractivity contribution is 7.91. The third-order valence-electron chi connectivity index (χ3n) is 6.62. The Bertz CT molecular complexity index is 1610. The largest absolute Gasteiger partial charge is 0.382 e. The second kappa shape index (κ2) is 7.95. The summed E-state index contributed by atoms with van der Waals surface area (Å²) in [5, 5.41) is 12.4. The normalized spacial score (nSPS) is 18.6. The molecule has 0 amide bonds. The van der Waals surface area contributed by atoms with Crippen LogP contribution in [0.15, 0.2) is 76.8 Å². The summed E-state index contributed by atoms with van der Waals surface area (Å²) < 4.78 is 29.2. The van der Waals surface area contributed by atoms with E-state index in [2.05, 4.69) is 37.6 Å². The van der Waals surface area contributed by atoms with Crippen LogP contribution in [0, 0.1) is 6.92 Å². The third kappa shape index (κ3) is 3.35. The van der Waals surface area contributed by atoms with E-state index in [9.17, 15) is 8.42 Å². The third-order valence-corrected chi connectivity index (χ3v) is 8.44. The molecule has 34 heavy (non-hydrogen) atoms. The molecule has 3 aromatic heterocycles. The number of fused-ring (bicyclic) bond motifs is 3. The lowest BCUT2D eigenvalue weighted by Crippen LogP contribution is -2.15. The average molecular weight is 473 g/mol. The lowest BCUT2D eigenvalue weighted by molar-refractivity contribution is 0.592. The Morgan fingerprint density at radius 2 is 1.79 bits per heavy atom. The minimum absolute atomic E-state index is 0.0764. The van der Waals surface area contributed by atoms with E-state index in [0.29, 0.717) is 17.3 Å². The predicted molar refractivity (Wildman–Crippen MR) is 130 cm³/mol. The van der Waals surface area contributed by atoms with Crippen LogP contribution in [0.5, 0.6) is 0 Å². The number of aromatic nitrogens is 5. The van der Waals surface area contributed by atoms with Gasteiger partial charge in [0.05, 0.1) is 10.4 Å². The second-order valence-electron chi connectivity index (χ2n) is 8.83. The molecule has 2 N–H and O–H groups in total. The van der Waals surface area contributed by atoms with Crippen LogP contribution in [0.4, 0.5) is 5.69 Å². The fourth-order valence-electron chi connectivity index (χ4n) is 4.97. The van der Waals surface area contributed by atoms with Gasteiger partial charge in [-0.3, -0.25) is 4.40 Å². The lowest BCUT2D eigenvalue weighted by atomic mass is 10.1. The van der Waals surface area contributed by atoms with Gasteiger partial charge in [0.2, 0.25) is 14.9 Å². The van der Waals surface area contributed by atoms with Crippen molar-refractivity contribution in [2.45, 2.75) is 48.1 Å². The van der Waals surface area contributed by atoms with E-state index in [0.717, 1.165) is 36.3 Å². The predicted octanol–water partition coefficient (Wildman–Crippen LogP) is 4.50. The van der Waals surface area contributed by atoms with Crippen LogP contribution < -0.4 is 5.32 Å². The molecular formula is C25H24N6O2S. The van der Waals surface area contributed by atoms with Crippen molar-refractivity contribution in [3.63, 3.8) is 0 Å². The number of aryl methyl sites for hydroxylation is 1. The molecule has 8 nitrogen and oxygen atoms in total. The quantitative estimate of drug-likeness (QED) is 0.390. The number of sulfone groups is 1. The molecule has 0 spiro atoms. The van der Waals surface area contributed by atoms with E-state index in [-0.39, 0.29) is 21.5 Å². The van der Waals surface area contributed by atoms with Crippen molar-refractivity contribution in [3.05, 3.63) is 78.2 Å². The van der Waals surface area contributed by atoms with Gasteiger partial charge in [-0.2, -0.15) is 0 Å². The topological polar surface area (TPSA) is 105 Å². The van der Waals surface area contributed by atoms with E-state index < -0.39 is 9.84 Å². The molecule has 0 saturated heterocycles. The van der Waals surface area contributed by atoms with Gasteiger partial charge in [0.25, 0.3) is 0 Å². The molecule has 1 aliphatic carbocycles. The summed E-state index contributed by atoms with van der Waals surface area (Å²) in [6.45, 7) is 1.78. The van der Waals surface area contributed by atoms with Gasteiger partial charge in [-0.25, -0.2) is 13.4 Å². The first-order chi connectivity index (χ1) is 16.5. The van der Waals surface area contributed by atoms with E-state index in [1.54, 1.807) is 31.3 Å². The van der Waals surface area contributed by atoms with Crippen LogP contribution in [0.1, 0.15) is 36.6 Å². The summed E-state index contributed by atoms with van der Waals surface area (Å²) in [6, 6.07) is 19.3. The lowest BCUT2D eigenvalue weighted by Gasteiger charge is -2.14. The van der Waals surface area contributed by atoms with Crippen LogP contribution in [0.3, 0.4) is 0 Å². The SMILES string of the molecule is Cc1ccccc1S(=O)(=O)c1nc2[nH]ccc2n2c([C@@H]3CC[C@@H](Nc4ccccc4)C3)nnc12. The zero-order chi connectivity index (χ0) is 23.3. The Hall–Kier alpha value is -3.72. The molecule has 5 aromatic rings. The van der Waals surface area contributed by atoms with E-state index in [1.807, 2.05) is 34.7 Å². The highest BCUT2D eigenvalue weighted by Crippen LogP contribution is 2.37.